The zero-order chi connectivity index (χ0) is 12.8. The van der Waals surface area contributed by atoms with Crippen LogP contribution in [0.2, 0.25) is 10.3 Å². The molecular formula is C11H14Cl2N2O2. The van der Waals surface area contributed by atoms with Crippen LogP contribution in [0.15, 0.2) is 12.1 Å². The van der Waals surface area contributed by atoms with Crippen LogP contribution in [0.3, 0.4) is 0 Å². The van der Waals surface area contributed by atoms with Gasteiger partial charge in [-0.25, -0.2) is 4.98 Å². The summed E-state index contributed by atoms with van der Waals surface area (Å²) in [5.41, 5.74) is 0.367. The van der Waals surface area contributed by atoms with Crippen molar-refractivity contribution in [1.29, 1.82) is 0 Å². The average Bonchev–Trinajstić information content (AvgIpc) is 2.27. The summed E-state index contributed by atoms with van der Waals surface area (Å²) >= 11 is 11.4. The maximum atomic E-state index is 11.9. The molecule has 0 spiro atoms. The maximum absolute atomic E-state index is 11.9. The molecule has 1 aromatic heterocycles. The Morgan fingerprint density at radius 3 is 2.53 bits per heavy atom. The number of hydrogen-bond acceptors (Lipinski definition) is 3. The zero-order valence-corrected chi connectivity index (χ0v) is 10.9. The number of amides is 1. The first-order valence-corrected chi connectivity index (χ1v) is 6.07. The van der Waals surface area contributed by atoms with Gasteiger partial charge in [-0.15, -0.1) is 0 Å². The monoisotopic (exact) mass is 276 g/mol. The highest BCUT2D eigenvalue weighted by atomic mass is 35.5. The van der Waals surface area contributed by atoms with Gasteiger partial charge in [0, 0.05) is 18.2 Å². The van der Waals surface area contributed by atoms with Crippen molar-refractivity contribution in [3.05, 3.63) is 28.0 Å². The van der Waals surface area contributed by atoms with Gasteiger partial charge in [-0.3, -0.25) is 4.79 Å². The molecule has 1 amide bonds. The van der Waals surface area contributed by atoms with Crippen LogP contribution in [-0.4, -0.2) is 28.6 Å². The highest BCUT2D eigenvalue weighted by Crippen LogP contribution is 2.14. The minimum Gasteiger partial charge on any atom is -0.396 e. The van der Waals surface area contributed by atoms with Crippen molar-refractivity contribution in [3.8, 4) is 0 Å². The van der Waals surface area contributed by atoms with E-state index in [4.69, 9.17) is 28.3 Å². The van der Waals surface area contributed by atoms with Crippen LogP contribution in [0.1, 0.15) is 30.1 Å². The topological polar surface area (TPSA) is 62.2 Å². The van der Waals surface area contributed by atoms with E-state index in [1.54, 1.807) is 0 Å². The summed E-state index contributed by atoms with van der Waals surface area (Å²) in [7, 11) is 0. The first-order chi connectivity index (χ1) is 8.06. The van der Waals surface area contributed by atoms with Crippen molar-refractivity contribution in [2.75, 3.05) is 6.61 Å². The molecule has 0 aliphatic heterocycles. The van der Waals surface area contributed by atoms with Gasteiger partial charge in [0.05, 0.1) is 0 Å². The van der Waals surface area contributed by atoms with Crippen molar-refractivity contribution >= 4 is 29.1 Å². The number of nitrogens with zero attached hydrogens (tertiary/aromatic N) is 1. The van der Waals surface area contributed by atoms with E-state index in [-0.39, 0.29) is 28.9 Å². The Morgan fingerprint density at radius 2 is 2.06 bits per heavy atom. The van der Waals surface area contributed by atoms with Gasteiger partial charge in [0.15, 0.2) is 0 Å². The molecule has 17 heavy (non-hydrogen) atoms. The van der Waals surface area contributed by atoms with Gasteiger partial charge in [0.2, 0.25) is 0 Å². The summed E-state index contributed by atoms with van der Waals surface area (Å²) < 4.78 is 0. The third kappa shape index (κ3) is 4.50. The van der Waals surface area contributed by atoms with Gasteiger partial charge in [-0.1, -0.05) is 30.1 Å². The quantitative estimate of drug-likeness (QED) is 0.812. The lowest BCUT2D eigenvalue weighted by molar-refractivity contribution is 0.0929. The first-order valence-electron chi connectivity index (χ1n) is 5.31. The van der Waals surface area contributed by atoms with Gasteiger partial charge in [0.1, 0.15) is 10.3 Å². The van der Waals surface area contributed by atoms with Crippen molar-refractivity contribution < 1.29 is 9.90 Å². The Kier molecular flexibility index (Phi) is 5.68. The molecule has 1 rings (SSSR count). The fraction of sp³-hybridized carbons (Fsp3) is 0.455. The third-order valence-corrected chi connectivity index (χ3v) is 2.72. The number of nitrogens with one attached hydrogen (secondary N) is 1. The number of rotatable bonds is 5. The van der Waals surface area contributed by atoms with Crippen LogP contribution in [0.4, 0.5) is 0 Å². The smallest absolute Gasteiger partial charge is 0.251 e. The van der Waals surface area contributed by atoms with Crippen molar-refractivity contribution in [2.45, 2.75) is 25.8 Å². The number of aromatic nitrogens is 1. The SMILES string of the molecule is CCC(CCO)NC(=O)c1cc(Cl)nc(Cl)c1. The number of halogens is 2. The summed E-state index contributed by atoms with van der Waals surface area (Å²) in [6, 6.07) is 2.85. The summed E-state index contributed by atoms with van der Waals surface area (Å²) in [6.45, 7) is 1.98. The largest absolute Gasteiger partial charge is 0.396 e. The van der Waals surface area contributed by atoms with E-state index in [1.165, 1.54) is 12.1 Å². The number of aliphatic hydroxyl groups is 1. The van der Waals surface area contributed by atoms with Crippen LogP contribution in [-0.2, 0) is 0 Å². The zero-order valence-electron chi connectivity index (χ0n) is 9.41. The number of aliphatic hydroxyl groups excluding tert-OH is 1. The van der Waals surface area contributed by atoms with Crippen LogP contribution in [0.5, 0.6) is 0 Å². The molecule has 0 bridgehead atoms. The van der Waals surface area contributed by atoms with E-state index in [0.717, 1.165) is 6.42 Å². The second-order valence-electron chi connectivity index (χ2n) is 3.59. The predicted molar refractivity (Wildman–Crippen MR) is 67.5 cm³/mol. The van der Waals surface area contributed by atoms with E-state index >= 15 is 0 Å². The number of pyridine rings is 1. The Morgan fingerprint density at radius 1 is 1.47 bits per heavy atom. The summed E-state index contributed by atoms with van der Waals surface area (Å²) in [5.74, 6) is -0.267. The second kappa shape index (κ2) is 6.79. The van der Waals surface area contributed by atoms with Crippen molar-refractivity contribution in [1.82, 2.24) is 10.3 Å². The van der Waals surface area contributed by atoms with E-state index in [1.807, 2.05) is 6.92 Å². The molecule has 4 nitrogen and oxygen atoms in total. The van der Waals surface area contributed by atoms with Gasteiger partial charge in [0.25, 0.3) is 5.91 Å². The Bertz CT molecular complexity index is 379. The predicted octanol–water partition coefficient (Wildman–Crippen LogP) is 2.28. The van der Waals surface area contributed by atoms with Gasteiger partial charge in [-0.2, -0.15) is 0 Å². The Hall–Kier alpha value is -0.840. The highest BCUT2D eigenvalue weighted by Gasteiger charge is 2.13. The van der Waals surface area contributed by atoms with Gasteiger partial charge >= 0.3 is 0 Å². The molecule has 0 aliphatic rings. The molecule has 1 aromatic rings. The number of hydrogen-bond donors (Lipinski definition) is 2. The highest BCUT2D eigenvalue weighted by molar-refractivity contribution is 6.33. The van der Waals surface area contributed by atoms with E-state index in [9.17, 15) is 4.79 Å². The second-order valence-corrected chi connectivity index (χ2v) is 4.37. The Labute approximate surface area is 110 Å². The molecule has 0 aliphatic carbocycles. The summed E-state index contributed by atoms with van der Waals surface area (Å²) in [6.07, 6.45) is 1.27. The third-order valence-electron chi connectivity index (χ3n) is 2.33. The normalized spacial score (nSPS) is 12.2. The molecule has 0 radical (unpaired) electrons. The minimum absolute atomic E-state index is 0.0383. The minimum atomic E-state index is -0.267. The van der Waals surface area contributed by atoms with Crippen molar-refractivity contribution in [2.24, 2.45) is 0 Å². The fourth-order valence-corrected chi connectivity index (χ4v) is 1.86. The molecule has 1 heterocycles. The average molecular weight is 277 g/mol. The van der Waals surface area contributed by atoms with Crippen molar-refractivity contribution in [3.63, 3.8) is 0 Å². The number of carbonyl (C=O) groups excluding carboxylic acids is 1. The lowest BCUT2D eigenvalue weighted by Crippen LogP contribution is -2.35. The number of carbonyl (C=O) groups is 1. The molecule has 94 valence electrons. The molecule has 6 heteroatoms. The summed E-state index contributed by atoms with van der Waals surface area (Å²) in [5, 5.41) is 12.0. The molecule has 0 saturated heterocycles. The molecule has 0 aromatic carbocycles. The van der Waals surface area contributed by atoms with Crippen LogP contribution >= 0.6 is 23.2 Å². The Balaban J connectivity index is 2.75. The van der Waals surface area contributed by atoms with Gasteiger partial charge in [-0.05, 0) is 25.0 Å². The molecule has 0 fully saturated rings. The van der Waals surface area contributed by atoms with Gasteiger partial charge < -0.3 is 10.4 Å². The fourth-order valence-electron chi connectivity index (χ4n) is 1.40. The van der Waals surface area contributed by atoms with E-state index < -0.39 is 0 Å². The molecule has 1 unspecified atom stereocenters. The molecule has 1 atom stereocenters. The molecular weight excluding hydrogens is 263 g/mol. The van der Waals surface area contributed by atoms with Crippen LogP contribution < -0.4 is 5.32 Å². The van der Waals surface area contributed by atoms with E-state index in [0.29, 0.717) is 12.0 Å². The molecule has 2 N–H and O–H groups in total. The van der Waals surface area contributed by atoms with Crippen LogP contribution in [0.25, 0.3) is 0 Å². The maximum Gasteiger partial charge on any atom is 0.251 e. The standard InChI is InChI=1S/C11H14Cl2N2O2/c1-2-8(3-4-16)14-11(17)7-5-9(12)15-10(13)6-7/h5-6,8,16H,2-4H2,1H3,(H,14,17). The first kappa shape index (κ1) is 14.2. The lowest BCUT2D eigenvalue weighted by atomic mass is 10.1. The lowest BCUT2D eigenvalue weighted by Gasteiger charge is -2.15. The molecule has 0 saturated carbocycles. The van der Waals surface area contributed by atoms with Crippen LogP contribution in [0, 0.1) is 0 Å². The van der Waals surface area contributed by atoms with E-state index in [2.05, 4.69) is 10.3 Å². The summed E-state index contributed by atoms with van der Waals surface area (Å²) in [4.78, 5) is 15.6.